The van der Waals surface area contributed by atoms with Crippen LogP contribution in [0.25, 0.3) is 0 Å². The van der Waals surface area contributed by atoms with Gasteiger partial charge in [0.15, 0.2) is 0 Å². The van der Waals surface area contributed by atoms with E-state index in [4.69, 9.17) is 16.7 Å². The van der Waals surface area contributed by atoms with Crippen molar-refractivity contribution < 1.29 is 9.90 Å². The van der Waals surface area contributed by atoms with Crippen molar-refractivity contribution in [2.75, 3.05) is 0 Å². The molecule has 1 aromatic carbocycles. The quantitative estimate of drug-likeness (QED) is 0.851. The van der Waals surface area contributed by atoms with Crippen LogP contribution in [0.5, 0.6) is 0 Å². The van der Waals surface area contributed by atoms with Crippen LogP contribution in [0, 0.1) is 11.8 Å². The van der Waals surface area contributed by atoms with Crippen LogP contribution in [-0.2, 0) is 11.2 Å². The van der Waals surface area contributed by atoms with Gasteiger partial charge in [0.25, 0.3) is 0 Å². The van der Waals surface area contributed by atoms with Gasteiger partial charge in [-0.2, -0.15) is 0 Å². The predicted octanol–water partition coefficient (Wildman–Crippen LogP) is 2.16. The van der Waals surface area contributed by atoms with Gasteiger partial charge in [-0.25, -0.2) is 9.97 Å². The monoisotopic (exact) mass is 272 g/mol. The van der Waals surface area contributed by atoms with Crippen molar-refractivity contribution >= 4 is 17.6 Å². The zero-order valence-corrected chi connectivity index (χ0v) is 10.6. The van der Waals surface area contributed by atoms with E-state index < -0.39 is 5.97 Å². The van der Waals surface area contributed by atoms with Crippen LogP contribution in [0.3, 0.4) is 0 Å². The van der Waals surface area contributed by atoms with Crippen LogP contribution in [0.2, 0.25) is 5.02 Å². The minimum atomic E-state index is -0.913. The summed E-state index contributed by atoms with van der Waals surface area (Å²) >= 11 is 5.77. The molecule has 0 spiro atoms. The van der Waals surface area contributed by atoms with Crippen LogP contribution in [0.1, 0.15) is 17.0 Å². The Morgan fingerprint density at radius 1 is 1.16 bits per heavy atom. The largest absolute Gasteiger partial charge is 0.481 e. The first-order valence-electron chi connectivity index (χ1n) is 5.44. The highest BCUT2D eigenvalue weighted by atomic mass is 35.5. The molecule has 1 N–H and O–H groups in total. The standard InChI is InChI=1S/C14H9ClN2O2/c15-12-4-1-10(2-5-12)3-6-13-16-8-11(9-17-13)7-14(18)19/h1-2,4-5,8-9H,7H2,(H,18,19). The molecule has 5 heteroatoms. The van der Waals surface area contributed by atoms with Crippen molar-refractivity contribution in [2.45, 2.75) is 6.42 Å². The molecule has 2 rings (SSSR count). The van der Waals surface area contributed by atoms with E-state index in [1.165, 1.54) is 12.4 Å². The molecule has 1 heterocycles. The van der Waals surface area contributed by atoms with Crippen LogP contribution in [0.15, 0.2) is 36.7 Å². The van der Waals surface area contributed by atoms with Crippen LogP contribution < -0.4 is 0 Å². The number of hydrogen-bond acceptors (Lipinski definition) is 3. The second-order valence-electron chi connectivity index (χ2n) is 3.74. The first-order chi connectivity index (χ1) is 9.13. The topological polar surface area (TPSA) is 63.1 Å². The third-order valence-electron chi connectivity index (χ3n) is 2.22. The van der Waals surface area contributed by atoms with E-state index in [0.29, 0.717) is 16.4 Å². The van der Waals surface area contributed by atoms with E-state index >= 15 is 0 Å². The molecule has 4 nitrogen and oxygen atoms in total. The third kappa shape index (κ3) is 4.09. The summed E-state index contributed by atoms with van der Waals surface area (Å²) in [5, 5.41) is 9.27. The Morgan fingerprint density at radius 3 is 2.37 bits per heavy atom. The minimum Gasteiger partial charge on any atom is -0.481 e. The molecule has 0 radical (unpaired) electrons. The molecule has 19 heavy (non-hydrogen) atoms. The molecule has 0 saturated carbocycles. The molecule has 0 fully saturated rings. The SMILES string of the molecule is O=C(O)Cc1cnc(C#Cc2ccc(Cl)cc2)nc1. The van der Waals surface area contributed by atoms with E-state index in [1.807, 2.05) is 0 Å². The lowest BCUT2D eigenvalue weighted by Gasteiger charge is -1.95. The first kappa shape index (κ1) is 13.1. The van der Waals surface area contributed by atoms with E-state index in [-0.39, 0.29) is 6.42 Å². The fourth-order valence-corrected chi connectivity index (χ4v) is 1.47. The molecule has 0 aliphatic carbocycles. The van der Waals surface area contributed by atoms with Crippen molar-refractivity contribution in [3.8, 4) is 11.8 Å². The number of carboxylic acids is 1. The van der Waals surface area contributed by atoms with Gasteiger partial charge in [0.05, 0.1) is 6.42 Å². The molecule has 0 saturated heterocycles. The van der Waals surface area contributed by atoms with Gasteiger partial charge >= 0.3 is 5.97 Å². The summed E-state index contributed by atoms with van der Waals surface area (Å²) in [5.74, 6) is 5.13. The smallest absolute Gasteiger partial charge is 0.307 e. The van der Waals surface area contributed by atoms with Gasteiger partial charge in [-0.15, -0.1) is 0 Å². The summed E-state index contributed by atoms with van der Waals surface area (Å²) in [4.78, 5) is 18.5. The Bertz CT molecular complexity index is 640. The second kappa shape index (κ2) is 5.98. The van der Waals surface area contributed by atoms with Crippen molar-refractivity contribution in [1.29, 1.82) is 0 Å². The molecule has 0 aliphatic rings. The molecule has 1 aromatic heterocycles. The van der Waals surface area contributed by atoms with Gasteiger partial charge in [-0.05, 0) is 35.7 Å². The summed E-state index contributed by atoms with van der Waals surface area (Å²) in [6.45, 7) is 0. The van der Waals surface area contributed by atoms with Gasteiger partial charge in [0, 0.05) is 23.0 Å². The lowest BCUT2D eigenvalue weighted by molar-refractivity contribution is -0.136. The highest BCUT2D eigenvalue weighted by Crippen LogP contribution is 2.08. The predicted molar refractivity (Wildman–Crippen MR) is 70.8 cm³/mol. The van der Waals surface area contributed by atoms with E-state index in [1.54, 1.807) is 24.3 Å². The fourth-order valence-electron chi connectivity index (χ4n) is 1.35. The number of benzene rings is 1. The first-order valence-corrected chi connectivity index (χ1v) is 5.81. The van der Waals surface area contributed by atoms with Crippen LogP contribution in [0.4, 0.5) is 0 Å². The molecular weight excluding hydrogens is 264 g/mol. The van der Waals surface area contributed by atoms with E-state index in [0.717, 1.165) is 5.56 Å². The molecular formula is C14H9ClN2O2. The van der Waals surface area contributed by atoms with Crippen molar-refractivity contribution in [2.24, 2.45) is 0 Å². The molecule has 0 amide bonds. The maximum atomic E-state index is 10.5. The van der Waals surface area contributed by atoms with Gasteiger partial charge < -0.3 is 5.11 Å². The Morgan fingerprint density at radius 2 is 1.79 bits per heavy atom. The lowest BCUT2D eigenvalue weighted by Crippen LogP contribution is -2.01. The Kier molecular flexibility index (Phi) is 4.11. The molecule has 0 unspecified atom stereocenters. The number of carbonyl (C=O) groups is 1. The number of nitrogens with zero attached hydrogens (tertiary/aromatic N) is 2. The zero-order valence-electron chi connectivity index (χ0n) is 9.80. The summed E-state index contributed by atoms with van der Waals surface area (Å²) < 4.78 is 0. The molecule has 0 atom stereocenters. The maximum Gasteiger partial charge on any atom is 0.307 e. The van der Waals surface area contributed by atoms with Crippen LogP contribution in [-0.4, -0.2) is 21.0 Å². The van der Waals surface area contributed by atoms with E-state index in [2.05, 4.69) is 21.8 Å². The Balaban J connectivity index is 2.11. The van der Waals surface area contributed by atoms with Crippen molar-refractivity contribution in [3.05, 3.63) is 58.6 Å². The lowest BCUT2D eigenvalue weighted by atomic mass is 10.2. The van der Waals surface area contributed by atoms with Gasteiger partial charge in [0.1, 0.15) is 0 Å². The summed E-state index contributed by atoms with van der Waals surface area (Å²) in [6, 6.07) is 7.10. The molecule has 94 valence electrons. The molecule has 0 aliphatic heterocycles. The van der Waals surface area contributed by atoms with E-state index in [9.17, 15) is 4.79 Å². The number of aliphatic carboxylic acids is 1. The number of rotatable bonds is 2. The van der Waals surface area contributed by atoms with Crippen molar-refractivity contribution in [1.82, 2.24) is 9.97 Å². The highest BCUT2D eigenvalue weighted by molar-refractivity contribution is 6.30. The normalized spacial score (nSPS) is 9.53. The average molecular weight is 273 g/mol. The summed E-state index contributed by atoms with van der Waals surface area (Å²) in [5.41, 5.74) is 1.35. The second-order valence-corrected chi connectivity index (χ2v) is 4.18. The summed E-state index contributed by atoms with van der Waals surface area (Å²) in [6.07, 6.45) is 2.84. The number of aromatic nitrogens is 2. The third-order valence-corrected chi connectivity index (χ3v) is 2.48. The molecule has 0 bridgehead atoms. The van der Waals surface area contributed by atoms with Gasteiger partial charge in [-0.3, -0.25) is 4.79 Å². The summed E-state index contributed by atoms with van der Waals surface area (Å²) in [7, 11) is 0. The van der Waals surface area contributed by atoms with Gasteiger partial charge in [0.2, 0.25) is 5.82 Å². The van der Waals surface area contributed by atoms with Gasteiger partial charge in [-0.1, -0.05) is 17.5 Å². The minimum absolute atomic E-state index is 0.0924. The van der Waals surface area contributed by atoms with Crippen LogP contribution >= 0.6 is 11.6 Å². The number of halogens is 1. The number of carboxylic acid groups (broad SMARTS) is 1. The number of hydrogen-bond donors (Lipinski definition) is 1. The maximum absolute atomic E-state index is 10.5. The Labute approximate surface area is 115 Å². The molecule has 2 aromatic rings. The average Bonchev–Trinajstić information content (AvgIpc) is 2.39. The van der Waals surface area contributed by atoms with Crippen molar-refractivity contribution in [3.63, 3.8) is 0 Å². The fraction of sp³-hybridized carbons (Fsp3) is 0.0714. The zero-order chi connectivity index (χ0) is 13.7. The highest BCUT2D eigenvalue weighted by Gasteiger charge is 2.00. The Hall–Kier alpha value is -2.38.